The number of urea groups is 2. The Morgan fingerprint density at radius 1 is 0.467 bits per heavy atom. The summed E-state index contributed by atoms with van der Waals surface area (Å²) in [6, 6.07) is 26.3. The maximum absolute atomic E-state index is 13.3. The highest BCUT2D eigenvalue weighted by molar-refractivity contribution is 6.00. The van der Waals surface area contributed by atoms with Gasteiger partial charge in [0.05, 0.1) is 0 Å². The molecule has 0 aliphatic rings. The molecule has 0 atom stereocenters. The summed E-state index contributed by atoms with van der Waals surface area (Å²) in [6.07, 6.45) is 0. The number of phenolic OH excluding ortho intramolecular Hbond substituents is 2. The molecule has 6 N–H and O–H groups in total. The summed E-state index contributed by atoms with van der Waals surface area (Å²) in [4.78, 5) is 23.5. The van der Waals surface area contributed by atoms with Gasteiger partial charge in [-0.1, -0.05) is 36.4 Å². The molecule has 0 fully saturated rings. The Morgan fingerprint density at radius 2 is 0.800 bits per heavy atom. The zero-order chi connectivity index (χ0) is 32.3. The highest BCUT2D eigenvalue weighted by Crippen LogP contribution is 2.26. The van der Waals surface area contributed by atoms with Gasteiger partial charge in [0.15, 0.2) is 34.8 Å². The average Bonchev–Trinajstić information content (AvgIpc) is 3.01. The summed E-state index contributed by atoms with van der Waals surface area (Å²) < 4.78 is 58.3. The molecular weight excluding hydrogens is 596 g/mol. The normalized spacial score (nSPS) is 10.1. The van der Waals surface area contributed by atoms with E-state index in [0.29, 0.717) is 22.9 Å². The van der Waals surface area contributed by atoms with E-state index in [9.17, 15) is 27.2 Å². The van der Waals surface area contributed by atoms with E-state index >= 15 is 0 Å². The zero-order valence-electron chi connectivity index (χ0n) is 23.0. The van der Waals surface area contributed by atoms with Gasteiger partial charge < -0.3 is 36.2 Å². The molecule has 0 saturated heterocycles. The molecule has 9 nitrogen and oxygen atoms in total. The topological polar surface area (TPSA) is 132 Å². The fraction of sp³-hybridized carbons (Fsp3) is 0. The van der Waals surface area contributed by atoms with Crippen LogP contribution < -0.4 is 26.0 Å². The molecule has 0 aliphatic heterocycles. The van der Waals surface area contributed by atoms with E-state index in [0.717, 1.165) is 24.3 Å². The Morgan fingerprint density at radius 3 is 1.22 bits per heavy atom. The van der Waals surface area contributed by atoms with Crippen LogP contribution in [0.15, 0.2) is 109 Å². The zero-order valence-corrected chi connectivity index (χ0v) is 23.0. The van der Waals surface area contributed by atoms with Crippen LogP contribution in [-0.4, -0.2) is 22.3 Å². The molecule has 45 heavy (non-hydrogen) atoms. The Labute approximate surface area is 253 Å². The van der Waals surface area contributed by atoms with Gasteiger partial charge in [-0.25, -0.2) is 27.2 Å². The van der Waals surface area contributed by atoms with Gasteiger partial charge in [-0.15, -0.1) is 0 Å². The Kier molecular flexibility index (Phi) is 10.4. The van der Waals surface area contributed by atoms with Crippen LogP contribution in [0.4, 0.5) is 49.9 Å². The van der Waals surface area contributed by atoms with Gasteiger partial charge >= 0.3 is 12.1 Å². The number of carbonyl (C=O) groups is 2. The molecule has 0 aliphatic carbocycles. The molecule has 5 rings (SSSR count). The highest BCUT2D eigenvalue weighted by Gasteiger charge is 2.13. The number of para-hydroxylation sites is 2. The SMILES string of the molecule is O=C(Nc1ccc(Oc2ccccc2)cc1)Nc1cc(F)c(O)c(F)c1.O=C(Nc1ccccc1)Nc1cc(F)c(O)c(F)c1. The first-order valence-electron chi connectivity index (χ1n) is 13.0. The molecule has 5 aromatic carbocycles. The molecule has 0 unspecified atom stereocenters. The maximum Gasteiger partial charge on any atom is 0.323 e. The Bertz CT molecular complexity index is 1730. The molecule has 0 heterocycles. The number of ether oxygens (including phenoxy) is 1. The minimum Gasteiger partial charge on any atom is -0.503 e. The number of hydrogen-bond donors (Lipinski definition) is 6. The lowest BCUT2D eigenvalue weighted by Crippen LogP contribution is -2.19. The molecule has 4 amide bonds. The first-order valence-corrected chi connectivity index (χ1v) is 13.0. The lowest BCUT2D eigenvalue weighted by molar-refractivity contribution is 0.261. The fourth-order valence-corrected chi connectivity index (χ4v) is 3.61. The molecule has 0 radical (unpaired) electrons. The Balaban J connectivity index is 0.000000215. The van der Waals surface area contributed by atoms with Gasteiger partial charge in [0.1, 0.15) is 11.5 Å². The van der Waals surface area contributed by atoms with E-state index in [1.165, 1.54) is 0 Å². The van der Waals surface area contributed by atoms with Gasteiger partial charge in [-0.05, 0) is 48.5 Å². The first-order chi connectivity index (χ1) is 21.6. The summed E-state index contributed by atoms with van der Waals surface area (Å²) in [5.41, 5.74) is 0.780. The number of halogens is 4. The van der Waals surface area contributed by atoms with Crippen LogP contribution in [-0.2, 0) is 0 Å². The van der Waals surface area contributed by atoms with Crippen LogP contribution in [0.1, 0.15) is 0 Å². The largest absolute Gasteiger partial charge is 0.503 e. The minimum atomic E-state index is -1.16. The predicted molar refractivity (Wildman–Crippen MR) is 161 cm³/mol. The van der Waals surface area contributed by atoms with Crippen molar-refractivity contribution in [1.82, 2.24) is 0 Å². The minimum absolute atomic E-state index is 0.0961. The van der Waals surface area contributed by atoms with Crippen molar-refractivity contribution in [2.45, 2.75) is 0 Å². The van der Waals surface area contributed by atoms with Crippen LogP contribution in [0, 0.1) is 23.3 Å². The van der Waals surface area contributed by atoms with Crippen molar-refractivity contribution in [3.05, 3.63) is 132 Å². The van der Waals surface area contributed by atoms with Gasteiger partial charge in [0.25, 0.3) is 0 Å². The third-order valence-electron chi connectivity index (χ3n) is 5.67. The van der Waals surface area contributed by atoms with Gasteiger partial charge in [-0.2, -0.15) is 0 Å². The monoisotopic (exact) mass is 620 g/mol. The third kappa shape index (κ3) is 9.38. The molecular formula is C32H24F4N4O5. The third-order valence-corrected chi connectivity index (χ3v) is 5.67. The van der Waals surface area contributed by atoms with Gasteiger partial charge in [0, 0.05) is 47.0 Å². The van der Waals surface area contributed by atoms with E-state index < -0.39 is 46.8 Å². The number of hydrogen-bond acceptors (Lipinski definition) is 5. The molecule has 5 aromatic rings. The van der Waals surface area contributed by atoms with Crippen molar-refractivity contribution < 1.29 is 42.1 Å². The second-order valence-corrected chi connectivity index (χ2v) is 9.04. The van der Waals surface area contributed by atoms with E-state index in [-0.39, 0.29) is 11.4 Å². The smallest absolute Gasteiger partial charge is 0.323 e. The number of carbonyl (C=O) groups excluding carboxylic acids is 2. The fourth-order valence-electron chi connectivity index (χ4n) is 3.61. The molecule has 0 saturated carbocycles. The number of amides is 4. The lowest BCUT2D eigenvalue weighted by Gasteiger charge is -2.10. The second kappa shape index (κ2) is 14.8. The number of benzene rings is 5. The van der Waals surface area contributed by atoms with Gasteiger partial charge in [0.2, 0.25) is 0 Å². The van der Waals surface area contributed by atoms with E-state index in [4.69, 9.17) is 14.9 Å². The second-order valence-electron chi connectivity index (χ2n) is 9.04. The van der Waals surface area contributed by atoms with Crippen LogP contribution in [0.5, 0.6) is 23.0 Å². The summed E-state index contributed by atoms with van der Waals surface area (Å²) in [6.45, 7) is 0. The van der Waals surface area contributed by atoms with Crippen LogP contribution in [0.2, 0.25) is 0 Å². The number of aromatic hydroxyl groups is 2. The van der Waals surface area contributed by atoms with E-state index in [1.807, 2.05) is 30.3 Å². The number of anilines is 4. The predicted octanol–water partition coefficient (Wildman–Crippen LogP) is 8.42. The molecule has 0 bridgehead atoms. The van der Waals surface area contributed by atoms with E-state index in [2.05, 4.69) is 21.3 Å². The molecule has 0 spiro atoms. The standard InChI is InChI=1S/C19H14F2N2O3.C13H10F2N2O2/c20-16-10-13(11-17(21)18(16)24)23-19(25)22-12-6-8-15(9-7-12)26-14-4-2-1-3-5-14;14-10-6-9(7-11(15)12(10)18)17-13(19)16-8-4-2-1-3-5-8/h1-11,24H,(H2,22,23,25);1-7,18H,(H2,16,17,19). The maximum atomic E-state index is 13.3. The summed E-state index contributed by atoms with van der Waals surface area (Å²) in [7, 11) is 0. The Hall–Kier alpha value is -6.24. The van der Waals surface area contributed by atoms with Gasteiger partial charge in [-0.3, -0.25) is 0 Å². The van der Waals surface area contributed by atoms with E-state index in [1.54, 1.807) is 54.6 Å². The van der Waals surface area contributed by atoms with Crippen molar-refractivity contribution in [3.63, 3.8) is 0 Å². The van der Waals surface area contributed by atoms with Crippen LogP contribution in [0.3, 0.4) is 0 Å². The first kappa shape index (κ1) is 31.7. The molecule has 230 valence electrons. The lowest BCUT2D eigenvalue weighted by atomic mass is 10.2. The van der Waals surface area contributed by atoms with Crippen molar-refractivity contribution in [1.29, 1.82) is 0 Å². The van der Waals surface area contributed by atoms with Crippen molar-refractivity contribution in [2.24, 2.45) is 0 Å². The molecule has 13 heteroatoms. The molecule has 0 aromatic heterocycles. The number of nitrogens with one attached hydrogen (secondary N) is 4. The average molecular weight is 621 g/mol. The van der Waals surface area contributed by atoms with Crippen molar-refractivity contribution in [3.8, 4) is 23.0 Å². The summed E-state index contributed by atoms with van der Waals surface area (Å²) >= 11 is 0. The quantitative estimate of drug-likeness (QED) is 0.0838. The summed E-state index contributed by atoms with van der Waals surface area (Å²) in [5.74, 6) is -5.51. The van der Waals surface area contributed by atoms with Crippen LogP contribution in [0.25, 0.3) is 0 Å². The van der Waals surface area contributed by atoms with Crippen molar-refractivity contribution >= 4 is 34.8 Å². The van der Waals surface area contributed by atoms with Crippen molar-refractivity contribution in [2.75, 3.05) is 21.3 Å². The highest BCUT2D eigenvalue weighted by atomic mass is 19.1. The number of rotatable bonds is 6. The summed E-state index contributed by atoms with van der Waals surface area (Å²) in [5, 5.41) is 27.5. The van der Waals surface area contributed by atoms with Crippen LogP contribution >= 0.6 is 0 Å². The number of phenols is 2.